The summed E-state index contributed by atoms with van der Waals surface area (Å²) in [4.78, 5) is 13.5. The minimum absolute atomic E-state index is 0.770. The van der Waals surface area contributed by atoms with Gasteiger partial charge in [-0.05, 0) is 42.8 Å². The van der Waals surface area contributed by atoms with Crippen LogP contribution in [0.3, 0.4) is 0 Å². The molecule has 0 amide bonds. The molecule has 2 aromatic heterocycles. The van der Waals surface area contributed by atoms with E-state index < -0.39 is 0 Å². The number of hydrogen-bond donors (Lipinski definition) is 1. The van der Waals surface area contributed by atoms with Crippen molar-refractivity contribution >= 4 is 38.7 Å². The maximum atomic E-state index is 4.64. The maximum absolute atomic E-state index is 4.64. The molecule has 26 heavy (non-hydrogen) atoms. The lowest BCUT2D eigenvalue weighted by molar-refractivity contribution is 1.10. The third kappa shape index (κ3) is 3.26. The molecule has 5 heteroatoms. The first-order valence-corrected chi connectivity index (χ1v) is 9.30. The number of nitrogens with one attached hydrogen (secondary N) is 1. The Balaban J connectivity index is 1.73. The third-order valence-corrected chi connectivity index (χ3v) is 5.29. The lowest BCUT2D eigenvalue weighted by atomic mass is 10.2. The van der Waals surface area contributed by atoms with Gasteiger partial charge in [-0.1, -0.05) is 30.3 Å². The average molecular weight is 360 g/mol. The summed E-state index contributed by atoms with van der Waals surface area (Å²) in [5.74, 6) is 1.62. The van der Waals surface area contributed by atoms with Crippen LogP contribution in [-0.2, 0) is 0 Å². The quantitative estimate of drug-likeness (QED) is 0.523. The van der Waals surface area contributed by atoms with Crippen LogP contribution in [0, 0.1) is 6.92 Å². The average Bonchev–Trinajstić information content (AvgIpc) is 3.07. The fourth-order valence-electron chi connectivity index (χ4n) is 2.85. The Hall–Kier alpha value is -2.92. The van der Waals surface area contributed by atoms with Crippen LogP contribution in [0.4, 0.5) is 17.2 Å². The van der Waals surface area contributed by atoms with E-state index in [0.29, 0.717) is 0 Å². The highest BCUT2D eigenvalue weighted by molar-refractivity contribution is 7.21. The normalized spacial score (nSPS) is 10.9. The SMILES string of the molecule is Cc1nc(Nc2ccc(N(C)C)cc2)c2cc(-c3ccccc3)sc2n1. The Bertz CT molecular complexity index is 1040. The Labute approximate surface area is 157 Å². The number of anilines is 3. The van der Waals surface area contributed by atoms with Crippen molar-refractivity contribution in [3.05, 3.63) is 66.5 Å². The molecule has 0 bridgehead atoms. The Morgan fingerprint density at radius 1 is 0.923 bits per heavy atom. The number of fused-ring (bicyclic) bond motifs is 1. The summed E-state index contributed by atoms with van der Waals surface area (Å²) in [5.41, 5.74) is 3.39. The van der Waals surface area contributed by atoms with Crippen LogP contribution in [0.5, 0.6) is 0 Å². The highest BCUT2D eigenvalue weighted by Crippen LogP contribution is 2.36. The van der Waals surface area contributed by atoms with Crippen molar-refractivity contribution in [3.8, 4) is 10.4 Å². The number of aromatic nitrogens is 2. The van der Waals surface area contributed by atoms with Crippen molar-refractivity contribution in [2.24, 2.45) is 0 Å². The van der Waals surface area contributed by atoms with Crippen molar-refractivity contribution in [1.29, 1.82) is 0 Å². The Morgan fingerprint density at radius 3 is 2.35 bits per heavy atom. The molecule has 0 atom stereocenters. The van der Waals surface area contributed by atoms with Gasteiger partial charge < -0.3 is 10.2 Å². The molecule has 0 fully saturated rings. The summed E-state index contributed by atoms with van der Waals surface area (Å²) in [6.07, 6.45) is 0. The highest BCUT2D eigenvalue weighted by Gasteiger charge is 2.12. The first kappa shape index (κ1) is 16.5. The van der Waals surface area contributed by atoms with Gasteiger partial charge in [0.05, 0.1) is 5.39 Å². The fraction of sp³-hybridized carbons (Fsp3) is 0.143. The molecule has 2 heterocycles. The van der Waals surface area contributed by atoms with E-state index in [1.807, 2.05) is 27.1 Å². The number of hydrogen-bond acceptors (Lipinski definition) is 5. The first-order valence-electron chi connectivity index (χ1n) is 8.48. The molecule has 0 aliphatic carbocycles. The maximum Gasteiger partial charge on any atom is 0.142 e. The van der Waals surface area contributed by atoms with Gasteiger partial charge in [-0.2, -0.15) is 0 Å². The van der Waals surface area contributed by atoms with Crippen LogP contribution >= 0.6 is 11.3 Å². The van der Waals surface area contributed by atoms with Crippen LogP contribution in [0.1, 0.15) is 5.82 Å². The van der Waals surface area contributed by atoms with Crippen molar-refractivity contribution in [2.45, 2.75) is 6.92 Å². The lowest BCUT2D eigenvalue weighted by Gasteiger charge is -2.13. The van der Waals surface area contributed by atoms with Gasteiger partial charge in [0.1, 0.15) is 16.5 Å². The van der Waals surface area contributed by atoms with Gasteiger partial charge in [0.2, 0.25) is 0 Å². The van der Waals surface area contributed by atoms with E-state index in [-0.39, 0.29) is 0 Å². The largest absolute Gasteiger partial charge is 0.378 e. The molecule has 0 saturated carbocycles. The summed E-state index contributed by atoms with van der Waals surface area (Å²) >= 11 is 1.70. The van der Waals surface area contributed by atoms with Crippen LogP contribution in [0.25, 0.3) is 20.7 Å². The van der Waals surface area contributed by atoms with Gasteiger partial charge in [-0.25, -0.2) is 9.97 Å². The molecule has 4 nitrogen and oxygen atoms in total. The summed E-state index contributed by atoms with van der Waals surface area (Å²) in [6.45, 7) is 1.93. The molecule has 1 N–H and O–H groups in total. The number of aryl methyl sites for hydroxylation is 1. The van der Waals surface area contributed by atoms with Gasteiger partial charge in [-0.15, -0.1) is 11.3 Å². The second-order valence-corrected chi connectivity index (χ2v) is 7.41. The third-order valence-electron chi connectivity index (χ3n) is 4.21. The Morgan fingerprint density at radius 2 is 1.65 bits per heavy atom. The van der Waals surface area contributed by atoms with E-state index in [1.165, 1.54) is 16.1 Å². The molecule has 2 aromatic carbocycles. The van der Waals surface area contributed by atoms with Gasteiger partial charge in [0, 0.05) is 30.3 Å². The zero-order valence-electron chi connectivity index (χ0n) is 15.0. The molecule has 4 aromatic rings. The van der Waals surface area contributed by atoms with Crippen LogP contribution < -0.4 is 10.2 Å². The van der Waals surface area contributed by atoms with Gasteiger partial charge >= 0.3 is 0 Å². The summed E-state index contributed by atoms with van der Waals surface area (Å²) in [7, 11) is 4.08. The molecule has 130 valence electrons. The summed E-state index contributed by atoms with van der Waals surface area (Å²) in [5, 5.41) is 4.51. The molecule has 4 rings (SSSR count). The standard InChI is InChI=1S/C21H20N4S/c1-14-22-20(24-16-9-11-17(12-10-16)25(2)3)18-13-19(26-21(18)23-14)15-7-5-4-6-8-15/h4-13H,1-3H3,(H,22,23,24). The van der Waals surface area contributed by atoms with E-state index in [0.717, 1.165) is 27.5 Å². The minimum Gasteiger partial charge on any atom is -0.378 e. The van der Waals surface area contributed by atoms with E-state index in [2.05, 4.69) is 74.8 Å². The first-order chi connectivity index (χ1) is 12.6. The van der Waals surface area contributed by atoms with E-state index >= 15 is 0 Å². The number of benzene rings is 2. The lowest BCUT2D eigenvalue weighted by Crippen LogP contribution is -2.08. The van der Waals surface area contributed by atoms with Crippen molar-refractivity contribution < 1.29 is 0 Å². The van der Waals surface area contributed by atoms with E-state index in [4.69, 9.17) is 0 Å². The minimum atomic E-state index is 0.770. The van der Waals surface area contributed by atoms with Gasteiger partial charge in [0.25, 0.3) is 0 Å². The van der Waals surface area contributed by atoms with E-state index in [9.17, 15) is 0 Å². The molecule has 0 radical (unpaired) electrons. The van der Waals surface area contributed by atoms with Crippen LogP contribution in [0.2, 0.25) is 0 Å². The number of rotatable bonds is 4. The second-order valence-electron chi connectivity index (χ2n) is 6.38. The fourth-order valence-corrected chi connectivity index (χ4v) is 3.93. The zero-order chi connectivity index (χ0) is 18.1. The number of nitrogens with zero attached hydrogens (tertiary/aromatic N) is 3. The predicted octanol–water partition coefficient (Wildman–Crippen LogP) is 5.48. The molecule has 0 aliphatic rings. The molecule has 0 aliphatic heterocycles. The molecular formula is C21H20N4S. The molecular weight excluding hydrogens is 340 g/mol. The molecule has 0 unspecified atom stereocenters. The smallest absolute Gasteiger partial charge is 0.142 e. The van der Waals surface area contributed by atoms with Crippen LogP contribution in [0.15, 0.2) is 60.7 Å². The zero-order valence-corrected chi connectivity index (χ0v) is 15.8. The highest BCUT2D eigenvalue weighted by atomic mass is 32.1. The molecule has 0 saturated heterocycles. The van der Waals surface area contributed by atoms with Crippen molar-refractivity contribution in [3.63, 3.8) is 0 Å². The van der Waals surface area contributed by atoms with E-state index in [1.54, 1.807) is 11.3 Å². The van der Waals surface area contributed by atoms with Crippen molar-refractivity contribution in [1.82, 2.24) is 9.97 Å². The second kappa shape index (κ2) is 6.77. The summed E-state index contributed by atoms with van der Waals surface area (Å²) in [6, 6.07) is 20.9. The Kier molecular flexibility index (Phi) is 4.31. The number of thiophene rings is 1. The van der Waals surface area contributed by atoms with Gasteiger partial charge in [0.15, 0.2) is 0 Å². The molecule has 0 spiro atoms. The summed E-state index contributed by atoms with van der Waals surface area (Å²) < 4.78 is 0. The monoisotopic (exact) mass is 360 g/mol. The van der Waals surface area contributed by atoms with Crippen molar-refractivity contribution in [2.75, 3.05) is 24.3 Å². The topological polar surface area (TPSA) is 41.1 Å². The predicted molar refractivity (Wildman–Crippen MR) is 112 cm³/mol. The van der Waals surface area contributed by atoms with Gasteiger partial charge in [-0.3, -0.25) is 0 Å². The van der Waals surface area contributed by atoms with Crippen LogP contribution in [-0.4, -0.2) is 24.1 Å².